The van der Waals surface area contributed by atoms with Crippen molar-refractivity contribution in [2.24, 2.45) is 0 Å². The van der Waals surface area contributed by atoms with Crippen LogP contribution in [0.4, 0.5) is 5.69 Å². The van der Waals surface area contributed by atoms with Crippen molar-refractivity contribution < 1.29 is 14.3 Å². The Labute approximate surface area is 107 Å². The third-order valence-electron chi connectivity index (χ3n) is 2.15. The van der Waals surface area contributed by atoms with Crippen molar-refractivity contribution in [2.45, 2.75) is 20.8 Å². The first-order valence-corrected chi connectivity index (χ1v) is 5.67. The highest BCUT2D eigenvalue weighted by Crippen LogP contribution is 2.10. The van der Waals surface area contributed by atoms with Gasteiger partial charge in [-0.05, 0) is 44.2 Å². The van der Waals surface area contributed by atoms with Crippen LogP contribution in [0, 0.1) is 0 Å². The molecule has 1 aromatic rings. The van der Waals surface area contributed by atoms with Gasteiger partial charge in [0.1, 0.15) is 6.61 Å². The van der Waals surface area contributed by atoms with Crippen molar-refractivity contribution >= 4 is 17.6 Å². The summed E-state index contributed by atoms with van der Waals surface area (Å²) in [6, 6.07) is 6.57. The smallest absolute Gasteiger partial charge is 0.338 e. The number of nitrogens with one attached hydrogen (secondary N) is 1. The van der Waals surface area contributed by atoms with E-state index in [4.69, 9.17) is 4.74 Å². The molecule has 1 amide bonds. The van der Waals surface area contributed by atoms with Crippen LogP contribution in [0.1, 0.15) is 31.1 Å². The van der Waals surface area contributed by atoms with Crippen molar-refractivity contribution in [1.29, 1.82) is 0 Å². The number of hydrogen-bond donors (Lipinski definition) is 1. The van der Waals surface area contributed by atoms with Gasteiger partial charge in [-0.3, -0.25) is 4.79 Å². The number of anilines is 1. The second kappa shape index (κ2) is 6.59. The standard InChI is InChI=1S/C14H17NO3/c1-10(2)8-9-18-14(17)12-4-6-13(7-5-12)15-11(3)16/h4-8H,9H2,1-3H3,(H,15,16). The molecule has 0 atom stereocenters. The monoisotopic (exact) mass is 247 g/mol. The van der Waals surface area contributed by atoms with E-state index < -0.39 is 0 Å². The van der Waals surface area contributed by atoms with E-state index in [1.807, 2.05) is 19.9 Å². The molecule has 0 fully saturated rings. The average Bonchev–Trinajstić information content (AvgIpc) is 2.28. The molecular weight excluding hydrogens is 230 g/mol. The van der Waals surface area contributed by atoms with E-state index in [0.717, 1.165) is 5.57 Å². The Hall–Kier alpha value is -2.10. The van der Waals surface area contributed by atoms with Crippen LogP contribution >= 0.6 is 0 Å². The predicted molar refractivity (Wildman–Crippen MR) is 70.5 cm³/mol. The molecule has 0 bridgehead atoms. The lowest BCUT2D eigenvalue weighted by Gasteiger charge is -2.04. The van der Waals surface area contributed by atoms with E-state index in [1.54, 1.807) is 24.3 Å². The fraction of sp³-hybridized carbons (Fsp3) is 0.286. The molecule has 0 aliphatic carbocycles. The summed E-state index contributed by atoms with van der Waals surface area (Å²) < 4.78 is 5.06. The zero-order valence-electron chi connectivity index (χ0n) is 10.8. The van der Waals surface area contributed by atoms with E-state index in [0.29, 0.717) is 11.3 Å². The minimum absolute atomic E-state index is 0.145. The predicted octanol–water partition coefficient (Wildman–Crippen LogP) is 2.77. The van der Waals surface area contributed by atoms with Crippen LogP contribution in [0.2, 0.25) is 0 Å². The largest absolute Gasteiger partial charge is 0.458 e. The van der Waals surface area contributed by atoms with Gasteiger partial charge in [0.05, 0.1) is 5.56 Å². The number of carbonyl (C=O) groups is 2. The van der Waals surface area contributed by atoms with E-state index >= 15 is 0 Å². The second-order valence-electron chi connectivity index (χ2n) is 4.14. The SMILES string of the molecule is CC(=O)Nc1ccc(C(=O)OCC=C(C)C)cc1. The first-order chi connectivity index (χ1) is 8.49. The van der Waals surface area contributed by atoms with Crippen molar-refractivity contribution in [3.63, 3.8) is 0 Å². The van der Waals surface area contributed by atoms with E-state index in [9.17, 15) is 9.59 Å². The lowest BCUT2D eigenvalue weighted by molar-refractivity contribution is -0.114. The number of rotatable bonds is 4. The maximum Gasteiger partial charge on any atom is 0.338 e. The van der Waals surface area contributed by atoms with Crippen LogP contribution in [0.15, 0.2) is 35.9 Å². The molecule has 0 saturated heterocycles. The molecule has 1 aromatic carbocycles. The molecule has 0 heterocycles. The summed E-state index contributed by atoms with van der Waals surface area (Å²) in [5, 5.41) is 2.63. The molecule has 0 aliphatic heterocycles. The topological polar surface area (TPSA) is 55.4 Å². The molecular formula is C14H17NO3. The first kappa shape index (κ1) is 14.0. The van der Waals surface area contributed by atoms with Crippen LogP contribution in [-0.4, -0.2) is 18.5 Å². The summed E-state index contributed by atoms with van der Waals surface area (Å²) in [5.74, 6) is -0.518. The van der Waals surface area contributed by atoms with Gasteiger partial charge in [0.25, 0.3) is 0 Å². The van der Waals surface area contributed by atoms with Crippen LogP contribution in [0.3, 0.4) is 0 Å². The molecule has 0 radical (unpaired) electrons. The van der Waals surface area contributed by atoms with Gasteiger partial charge < -0.3 is 10.1 Å². The summed E-state index contributed by atoms with van der Waals surface area (Å²) in [4.78, 5) is 22.4. The maximum absolute atomic E-state index is 11.6. The molecule has 1 rings (SSSR count). The van der Waals surface area contributed by atoms with Crippen molar-refractivity contribution in [3.05, 3.63) is 41.5 Å². The van der Waals surface area contributed by atoms with Gasteiger partial charge in [0.2, 0.25) is 5.91 Å². The Balaban J connectivity index is 2.59. The molecule has 0 unspecified atom stereocenters. The molecule has 4 nitrogen and oxygen atoms in total. The maximum atomic E-state index is 11.6. The van der Waals surface area contributed by atoms with Gasteiger partial charge in [-0.25, -0.2) is 4.79 Å². The highest BCUT2D eigenvalue weighted by atomic mass is 16.5. The quantitative estimate of drug-likeness (QED) is 0.657. The molecule has 18 heavy (non-hydrogen) atoms. The third-order valence-corrected chi connectivity index (χ3v) is 2.15. The number of carbonyl (C=O) groups excluding carboxylic acids is 2. The Bertz CT molecular complexity index is 456. The molecule has 0 aliphatic rings. The fourth-order valence-electron chi connectivity index (χ4n) is 1.26. The number of ether oxygens (including phenoxy) is 1. The Morgan fingerprint density at radius 2 is 1.78 bits per heavy atom. The first-order valence-electron chi connectivity index (χ1n) is 5.67. The molecule has 0 aromatic heterocycles. The highest BCUT2D eigenvalue weighted by Gasteiger charge is 2.06. The zero-order chi connectivity index (χ0) is 13.5. The lowest BCUT2D eigenvalue weighted by Crippen LogP contribution is -2.07. The van der Waals surface area contributed by atoms with Crippen molar-refractivity contribution in [2.75, 3.05) is 11.9 Å². The van der Waals surface area contributed by atoms with Gasteiger partial charge in [0.15, 0.2) is 0 Å². The number of hydrogen-bond acceptors (Lipinski definition) is 3. The Morgan fingerprint density at radius 3 is 2.28 bits per heavy atom. The summed E-state index contributed by atoms with van der Waals surface area (Å²) in [6.07, 6.45) is 1.84. The summed E-state index contributed by atoms with van der Waals surface area (Å²) in [7, 11) is 0. The summed E-state index contributed by atoms with van der Waals surface area (Å²) >= 11 is 0. The van der Waals surface area contributed by atoms with Gasteiger partial charge in [-0.15, -0.1) is 0 Å². The minimum Gasteiger partial charge on any atom is -0.458 e. The van der Waals surface area contributed by atoms with E-state index in [2.05, 4.69) is 5.32 Å². The second-order valence-corrected chi connectivity index (χ2v) is 4.14. The van der Waals surface area contributed by atoms with Crippen LogP contribution in [-0.2, 0) is 9.53 Å². The van der Waals surface area contributed by atoms with Crippen LogP contribution in [0.5, 0.6) is 0 Å². The molecule has 0 saturated carbocycles. The zero-order valence-corrected chi connectivity index (χ0v) is 10.8. The van der Waals surface area contributed by atoms with Gasteiger partial charge in [-0.2, -0.15) is 0 Å². The van der Waals surface area contributed by atoms with Crippen molar-refractivity contribution in [1.82, 2.24) is 0 Å². The summed E-state index contributed by atoms with van der Waals surface area (Å²) in [5.41, 5.74) is 2.22. The fourth-order valence-corrected chi connectivity index (χ4v) is 1.26. The Morgan fingerprint density at radius 1 is 1.17 bits per heavy atom. The van der Waals surface area contributed by atoms with E-state index in [1.165, 1.54) is 6.92 Å². The third kappa shape index (κ3) is 4.82. The number of amides is 1. The van der Waals surface area contributed by atoms with Gasteiger partial charge in [-0.1, -0.05) is 5.57 Å². The van der Waals surface area contributed by atoms with E-state index in [-0.39, 0.29) is 18.5 Å². The van der Waals surface area contributed by atoms with Crippen LogP contribution in [0.25, 0.3) is 0 Å². The normalized spacial score (nSPS) is 9.50. The lowest BCUT2D eigenvalue weighted by atomic mass is 10.2. The number of benzene rings is 1. The average molecular weight is 247 g/mol. The molecule has 0 spiro atoms. The van der Waals surface area contributed by atoms with Crippen molar-refractivity contribution in [3.8, 4) is 0 Å². The number of allylic oxidation sites excluding steroid dienone is 1. The number of esters is 1. The Kier molecular flexibility index (Phi) is 5.11. The summed E-state index contributed by atoms with van der Waals surface area (Å²) in [6.45, 7) is 5.59. The van der Waals surface area contributed by atoms with Crippen LogP contribution < -0.4 is 5.32 Å². The molecule has 1 N–H and O–H groups in total. The van der Waals surface area contributed by atoms with Gasteiger partial charge in [0, 0.05) is 12.6 Å². The van der Waals surface area contributed by atoms with Gasteiger partial charge >= 0.3 is 5.97 Å². The molecule has 96 valence electrons. The molecule has 4 heteroatoms. The highest BCUT2D eigenvalue weighted by molar-refractivity contribution is 5.92. The minimum atomic E-state index is -0.373.